The van der Waals surface area contributed by atoms with Gasteiger partial charge >= 0.3 is 0 Å². The Bertz CT molecular complexity index is 375. The van der Waals surface area contributed by atoms with Gasteiger partial charge in [-0.3, -0.25) is 0 Å². The minimum absolute atomic E-state index is 0.297. The van der Waals surface area contributed by atoms with Crippen molar-refractivity contribution in [1.82, 2.24) is 5.32 Å². The molecule has 2 heteroatoms. The molecule has 0 fully saturated rings. The van der Waals surface area contributed by atoms with Gasteiger partial charge in [0.1, 0.15) is 0 Å². The number of rotatable bonds is 7. The number of aryl methyl sites for hydroxylation is 1. The lowest BCUT2D eigenvalue weighted by Crippen LogP contribution is -2.31. The van der Waals surface area contributed by atoms with Gasteiger partial charge in [0.25, 0.3) is 0 Å². The van der Waals surface area contributed by atoms with Gasteiger partial charge in [-0.15, -0.1) is 0 Å². The summed E-state index contributed by atoms with van der Waals surface area (Å²) in [6, 6.07) is 11.7. The Hall–Kier alpha value is -1.33. The van der Waals surface area contributed by atoms with E-state index in [0.717, 1.165) is 19.3 Å². The second-order valence-corrected chi connectivity index (χ2v) is 4.69. The zero-order chi connectivity index (χ0) is 13.4. The van der Waals surface area contributed by atoms with Crippen molar-refractivity contribution < 1.29 is 0 Å². The highest BCUT2D eigenvalue weighted by Gasteiger charge is 2.13. The fourth-order valence-electron chi connectivity index (χ4n) is 2.15. The van der Waals surface area contributed by atoms with Crippen molar-refractivity contribution in [2.75, 3.05) is 0 Å². The second kappa shape index (κ2) is 7.89. The molecule has 0 spiro atoms. The third-order valence-electron chi connectivity index (χ3n) is 3.47. The lowest BCUT2D eigenvalue weighted by Gasteiger charge is -2.23. The Balaban J connectivity index is 2.72. The van der Waals surface area contributed by atoms with Crippen LogP contribution in [0.2, 0.25) is 0 Å². The molecule has 0 bridgehead atoms. The fraction of sp³-hybridized carbons (Fsp3) is 0.562. The van der Waals surface area contributed by atoms with Gasteiger partial charge in [0, 0.05) is 12.1 Å². The van der Waals surface area contributed by atoms with Gasteiger partial charge in [0.05, 0.1) is 12.5 Å². The topological polar surface area (TPSA) is 35.8 Å². The summed E-state index contributed by atoms with van der Waals surface area (Å²) in [7, 11) is 0. The van der Waals surface area contributed by atoms with Gasteiger partial charge in [0.2, 0.25) is 0 Å². The summed E-state index contributed by atoms with van der Waals surface area (Å²) < 4.78 is 0. The molecule has 1 N–H and O–H groups in total. The summed E-state index contributed by atoms with van der Waals surface area (Å²) in [5.74, 6) is 0. The van der Waals surface area contributed by atoms with Crippen LogP contribution >= 0.6 is 0 Å². The molecule has 2 unspecified atom stereocenters. The third kappa shape index (κ3) is 4.16. The third-order valence-corrected chi connectivity index (χ3v) is 3.47. The van der Waals surface area contributed by atoms with Gasteiger partial charge in [-0.25, -0.2) is 0 Å². The normalized spacial score (nSPS) is 13.9. The van der Waals surface area contributed by atoms with E-state index < -0.39 is 0 Å². The number of hydrogen-bond donors (Lipinski definition) is 1. The van der Waals surface area contributed by atoms with Crippen molar-refractivity contribution in [2.24, 2.45) is 0 Å². The number of nitrogens with one attached hydrogen (secondary N) is 1. The molecular weight excluding hydrogens is 220 g/mol. The van der Waals surface area contributed by atoms with Gasteiger partial charge in [-0.1, -0.05) is 45.0 Å². The van der Waals surface area contributed by atoms with E-state index in [-0.39, 0.29) is 0 Å². The van der Waals surface area contributed by atoms with Crippen molar-refractivity contribution in [3.8, 4) is 6.07 Å². The molecule has 2 atom stereocenters. The molecule has 0 amide bonds. The largest absolute Gasteiger partial charge is 0.306 e. The van der Waals surface area contributed by atoms with E-state index in [1.165, 1.54) is 11.1 Å². The highest BCUT2D eigenvalue weighted by Crippen LogP contribution is 2.19. The average molecular weight is 244 g/mol. The van der Waals surface area contributed by atoms with E-state index in [1.807, 2.05) is 0 Å². The minimum Gasteiger partial charge on any atom is -0.306 e. The van der Waals surface area contributed by atoms with Crippen LogP contribution in [0.15, 0.2) is 24.3 Å². The van der Waals surface area contributed by atoms with Crippen molar-refractivity contribution in [2.45, 2.75) is 58.5 Å². The number of hydrogen-bond acceptors (Lipinski definition) is 2. The molecule has 1 rings (SSSR count). The molecule has 0 aromatic heterocycles. The zero-order valence-corrected chi connectivity index (χ0v) is 11.7. The molecule has 0 saturated carbocycles. The van der Waals surface area contributed by atoms with Crippen LogP contribution in [0.4, 0.5) is 0 Å². The summed E-state index contributed by atoms with van der Waals surface area (Å²) >= 11 is 0. The summed E-state index contributed by atoms with van der Waals surface area (Å²) in [5.41, 5.74) is 2.70. The highest BCUT2D eigenvalue weighted by molar-refractivity contribution is 5.25. The Labute approximate surface area is 111 Å². The predicted molar refractivity (Wildman–Crippen MR) is 76.3 cm³/mol. The molecular formula is C16H24N2. The molecule has 0 aliphatic heterocycles. The molecule has 0 heterocycles. The summed E-state index contributed by atoms with van der Waals surface area (Å²) in [5, 5.41) is 12.4. The van der Waals surface area contributed by atoms with E-state index in [2.05, 4.69) is 56.4 Å². The maximum absolute atomic E-state index is 8.80. The maximum Gasteiger partial charge on any atom is 0.0638 e. The fourth-order valence-corrected chi connectivity index (χ4v) is 2.15. The van der Waals surface area contributed by atoms with Crippen LogP contribution in [0.1, 0.15) is 57.2 Å². The molecule has 2 nitrogen and oxygen atoms in total. The van der Waals surface area contributed by atoms with Crippen molar-refractivity contribution in [3.63, 3.8) is 0 Å². The van der Waals surface area contributed by atoms with Gasteiger partial charge < -0.3 is 5.32 Å². The Kier molecular flexibility index (Phi) is 6.46. The number of benzene rings is 1. The van der Waals surface area contributed by atoms with Gasteiger partial charge in [-0.05, 0) is 30.4 Å². The summed E-state index contributed by atoms with van der Waals surface area (Å²) in [6.07, 6.45) is 3.71. The van der Waals surface area contributed by atoms with Crippen LogP contribution in [0.25, 0.3) is 0 Å². The van der Waals surface area contributed by atoms with E-state index in [1.54, 1.807) is 0 Å². The first-order valence-corrected chi connectivity index (χ1v) is 6.96. The van der Waals surface area contributed by atoms with Gasteiger partial charge in [-0.2, -0.15) is 5.26 Å². The Morgan fingerprint density at radius 2 is 1.78 bits per heavy atom. The van der Waals surface area contributed by atoms with Crippen LogP contribution in [-0.4, -0.2) is 6.04 Å². The van der Waals surface area contributed by atoms with Gasteiger partial charge in [0.15, 0.2) is 0 Å². The quantitative estimate of drug-likeness (QED) is 0.787. The average Bonchev–Trinajstić information content (AvgIpc) is 2.43. The highest BCUT2D eigenvalue weighted by atomic mass is 14.9. The lowest BCUT2D eigenvalue weighted by atomic mass is 10.00. The van der Waals surface area contributed by atoms with Crippen LogP contribution in [0.5, 0.6) is 0 Å². The van der Waals surface area contributed by atoms with E-state index in [9.17, 15) is 0 Å². The smallest absolute Gasteiger partial charge is 0.0638 e. The predicted octanol–water partition coefficient (Wildman–Crippen LogP) is 3.98. The van der Waals surface area contributed by atoms with Crippen LogP contribution in [0.3, 0.4) is 0 Å². The van der Waals surface area contributed by atoms with Crippen molar-refractivity contribution in [1.29, 1.82) is 5.26 Å². The van der Waals surface area contributed by atoms with Crippen LogP contribution in [-0.2, 0) is 6.42 Å². The summed E-state index contributed by atoms with van der Waals surface area (Å²) in [4.78, 5) is 0. The molecule has 0 aliphatic carbocycles. The molecule has 18 heavy (non-hydrogen) atoms. The molecule has 98 valence electrons. The maximum atomic E-state index is 8.80. The minimum atomic E-state index is 0.297. The first-order chi connectivity index (χ1) is 8.74. The monoisotopic (exact) mass is 244 g/mol. The first kappa shape index (κ1) is 14.7. The van der Waals surface area contributed by atoms with Crippen molar-refractivity contribution in [3.05, 3.63) is 35.4 Å². The lowest BCUT2D eigenvalue weighted by molar-refractivity contribution is 0.419. The standard InChI is InChI=1S/C16H24N2/c1-4-13-7-9-14(10-8-13)16(6-3)18-15(5-2)11-12-17/h7-10,15-16,18H,4-6,11H2,1-3H3. The Morgan fingerprint density at radius 3 is 2.22 bits per heavy atom. The Morgan fingerprint density at radius 1 is 1.11 bits per heavy atom. The van der Waals surface area contributed by atoms with Crippen molar-refractivity contribution >= 4 is 0 Å². The number of nitriles is 1. The molecule has 1 aromatic rings. The SMILES string of the molecule is CCc1ccc(C(CC)NC(CC)CC#N)cc1. The van der Waals surface area contributed by atoms with E-state index in [0.29, 0.717) is 18.5 Å². The van der Waals surface area contributed by atoms with E-state index >= 15 is 0 Å². The van der Waals surface area contributed by atoms with Crippen LogP contribution < -0.4 is 5.32 Å². The molecule has 0 aliphatic rings. The zero-order valence-electron chi connectivity index (χ0n) is 11.7. The second-order valence-electron chi connectivity index (χ2n) is 4.69. The van der Waals surface area contributed by atoms with E-state index in [4.69, 9.17) is 5.26 Å². The first-order valence-electron chi connectivity index (χ1n) is 6.96. The molecule has 0 radical (unpaired) electrons. The molecule has 0 saturated heterocycles. The van der Waals surface area contributed by atoms with Crippen LogP contribution in [0, 0.1) is 11.3 Å². The summed E-state index contributed by atoms with van der Waals surface area (Å²) in [6.45, 7) is 6.48. The number of nitrogens with zero attached hydrogens (tertiary/aromatic N) is 1. The molecule has 1 aromatic carbocycles.